The van der Waals surface area contributed by atoms with Gasteiger partial charge in [0.2, 0.25) is 0 Å². The van der Waals surface area contributed by atoms with Crippen molar-refractivity contribution in [3.63, 3.8) is 0 Å². The van der Waals surface area contributed by atoms with E-state index in [9.17, 15) is 0 Å². The van der Waals surface area contributed by atoms with Gasteiger partial charge < -0.3 is 10.1 Å². The minimum atomic E-state index is 0.323. The van der Waals surface area contributed by atoms with Crippen molar-refractivity contribution in [2.45, 2.75) is 58.6 Å². The third-order valence-corrected chi connectivity index (χ3v) is 2.74. The Labute approximate surface area is 95.1 Å². The molecule has 90 valence electrons. The van der Waals surface area contributed by atoms with Gasteiger partial charge in [-0.25, -0.2) is 0 Å². The predicted molar refractivity (Wildman–Crippen MR) is 67.2 cm³/mol. The molecule has 0 bridgehead atoms. The minimum Gasteiger partial charge on any atom is -0.382 e. The highest BCUT2D eigenvalue weighted by molar-refractivity contribution is 4.96. The van der Waals surface area contributed by atoms with E-state index in [1.165, 1.54) is 12.0 Å². The molecule has 0 amide bonds. The van der Waals surface area contributed by atoms with Crippen LogP contribution in [0.3, 0.4) is 0 Å². The Bertz CT molecular complexity index is 168. The quantitative estimate of drug-likeness (QED) is 0.594. The molecule has 2 nitrogen and oxygen atoms in total. The number of methoxy groups -OCH3 is 1. The molecule has 0 aromatic heterocycles. The summed E-state index contributed by atoms with van der Waals surface area (Å²) >= 11 is 0. The molecule has 0 saturated heterocycles. The Balaban J connectivity index is 3.99. The second kappa shape index (κ2) is 8.93. The fraction of sp³-hybridized carbons (Fsp3) is 0.846. The maximum atomic E-state index is 5.31. The molecule has 0 saturated carbocycles. The van der Waals surface area contributed by atoms with Crippen molar-refractivity contribution in [2.24, 2.45) is 0 Å². The second-order valence-electron chi connectivity index (χ2n) is 4.24. The molecule has 0 aromatic rings. The average Bonchev–Trinajstić information content (AvgIpc) is 2.25. The van der Waals surface area contributed by atoms with Gasteiger partial charge in [-0.05, 0) is 39.2 Å². The summed E-state index contributed by atoms with van der Waals surface area (Å²) in [5.74, 6) is 0. The van der Waals surface area contributed by atoms with Gasteiger partial charge in [0.1, 0.15) is 0 Å². The van der Waals surface area contributed by atoms with Crippen LogP contribution in [0, 0.1) is 0 Å². The number of hydrogen-bond donors (Lipinski definition) is 1. The van der Waals surface area contributed by atoms with Crippen LogP contribution >= 0.6 is 0 Å². The molecule has 15 heavy (non-hydrogen) atoms. The van der Waals surface area contributed by atoms with E-state index < -0.39 is 0 Å². The molecule has 0 aliphatic carbocycles. The van der Waals surface area contributed by atoms with Crippen LogP contribution in [0.25, 0.3) is 0 Å². The van der Waals surface area contributed by atoms with Crippen LogP contribution in [0.2, 0.25) is 0 Å². The Hall–Kier alpha value is -0.340. The molecule has 0 spiro atoms. The fourth-order valence-corrected chi connectivity index (χ4v) is 1.58. The van der Waals surface area contributed by atoms with Crippen molar-refractivity contribution in [1.29, 1.82) is 0 Å². The highest BCUT2D eigenvalue weighted by Crippen LogP contribution is 2.12. The summed E-state index contributed by atoms with van der Waals surface area (Å²) in [6, 6.07) is 0.521. The van der Waals surface area contributed by atoms with E-state index >= 15 is 0 Å². The van der Waals surface area contributed by atoms with Crippen LogP contribution in [0.1, 0.15) is 46.5 Å². The van der Waals surface area contributed by atoms with Gasteiger partial charge >= 0.3 is 0 Å². The number of ether oxygens (including phenoxy) is 1. The van der Waals surface area contributed by atoms with Gasteiger partial charge in [0.25, 0.3) is 0 Å². The Morgan fingerprint density at radius 3 is 2.53 bits per heavy atom. The van der Waals surface area contributed by atoms with E-state index in [4.69, 9.17) is 4.74 Å². The maximum Gasteiger partial charge on any atom is 0.0558 e. The SMILES string of the molecule is C=C(CC)CC(CC(C)OC)NCCC. The van der Waals surface area contributed by atoms with Gasteiger partial charge in [-0.1, -0.05) is 26.0 Å². The Morgan fingerprint density at radius 1 is 1.40 bits per heavy atom. The molecule has 0 aliphatic rings. The zero-order valence-electron chi connectivity index (χ0n) is 10.8. The van der Waals surface area contributed by atoms with Gasteiger partial charge in [0.15, 0.2) is 0 Å². The van der Waals surface area contributed by atoms with Crippen molar-refractivity contribution in [1.82, 2.24) is 5.32 Å². The molecule has 2 heteroatoms. The molecule has 1 N–H and O–H groups in total. The summed E-state index contributed by atoms with van der Waals surface area (Å²) in [7, 11) is 1.77. The van der Waals surface area contributed by atoms with E-state index in [0.717, 1.165) is 25.8 Å². The molecule has 0 radical (unpaired) electrons. The molecular formula is C13H27NO. The summed E-state index contributed by atoms with van der Waals surface area (Å²) < 4.78 is 5.31. The smallest absolute Gasteiger partial charge is 0.0558 e. The summed E-state index contributed by atoms with van der Waals surface area (Å²) in [5.41, 5.74) is 1.33. The molecule has 0 aliphatic heterocycles. The second-order valence-corrected chi connectivity index (χ2v) is 4.24. The van der Waals surface area contributed by atoms with Crippen LogP contribution < -0.4 is 5.32 Å². The zero-order chi connectivity index (χ0) is 11.7. The minimum absolute atomic E-state index is 0.323. The number of nitrogens with one attached hydrogen (secondary N) is 1. The first-order valence-electron chi connectivity index (χ1n) is 6.06. The van der Waals surface area contributed by atoms with Gasteiger partial charge in [0.05, 0.1) is 6.10 Å². The zero-order valence-corrected chi connectivity index (χ0v) is 10.8. The fourth-order valence-electron chi connectivity index (χ4n) is 1.58. The number of hydrogen-bond acceptors (Lipinski definition) is 2. The average molecular weight is 213 g/mol. The van der Waals surface area contributed by atoms with E-state index in [2.05, 4.69) is 32.7 Å². The summed E-state index contributed by atoms with van der Waals surface area (Å²) in [6.45, 7) is 11.6. The van der Waals surface area contributed by atoms with E-state index in [-0.39, 0.29) is 0 Å². The van der Waals surface area contributed by atoms with Crippen molar-refractivity contribution in [2.75, 3.05) is 13.7 Å². The van der Waals surface area contributed by atoms with Crippen LogP contribution in [-0.2, 0) is 4.74 Å². The molecule has 2 unspecified atom stereocenters. The molecule has 0 fully saturated rings. The topological polar surface area (TPSA) is 21.3 Å². The Kier molecular flexibility index (Phi) is 8.73. The molecular weight excluding hydrogens is 186 g/mol. The standard InChI is InChI=1S/C13H27NO/c1-6-8-14-13(9-11(3)7-2)10-12(4)15-5/h12-14H,3,6-10H2,1-2,4-5H3. The predicted octanol–water partition coefficient (Wildman–Crippen LogP) is 3.14. The highest BCUT2D eigenvalue weighted by atomic mass is 16.5. The van der Waals surface area contributed by atoms with Crippen molar-refractivity contribution >= 4 is 0 Å². The molecule has 0 aromatic carbocycles. The van der Waals surface area contributed by atoms with Gasteiger partial charge in [-0.3, -0.25) is 0 Å². The Morgan fingerprint density at radius 2 is 2.07 bits per heavy atom. The van der Waals surface area contributed by atoms with Crippen molar-refractivity contribution in [3.05, 3.63) is 12.2 Å². The van der Waals surface area contributed by atoms with Crippen LogP contribution in [0.5, 0.6) is 0 Å². The lowest BCUT2D eigenvalue weighted by Gasteiger charge is -2.22. The van der Waals surface area contributed by atoms with Gasteiger partial charge in [0, 0.05) is 13.2 Å². The summed E-state index contributed by atoms with van der Waals surface area (Å²) in [5, 5.41) is 3.56. The summed E-state index contributed by atoms with van der Waals surface area (Å²) in [4.78, 5) is 0. The largest absolute Gasteiger partial charge is 0.382 e. The first kappa shape index (κ1) is 14.7. The monoisotopic (exact) mass is 213 g/mol. The summed E-state index contributed by atoms with van der Waals surface area (Å²) in [6.07, 6.45) is 4.71. The third-order valence-electron chi connectivity index (χ3n) is 2.74. The van der Waals surface area contributed by atoms with E-state index in [1.54, 1.807) is 7.11 Å². The van der Waals surface area contributed by atoms with Crippen molar-refractivity contribution in [3.8, 4) is 0 Å². The van der Waals surface area contributed by atoms with Crippen LogP contribution in [0.4, 0.5) is 0 Å². The van der Waals surface area contributed by atoms with Gasteiger partial charge in [-0.15, -0.1) is 0 Å². The lowest BCUT2D eigenvalue weighted by atomic mass is 10.0. The lowest BCUT2D eigenvalue weighted by molar-refractivity contribution is 0.100. The molecule has 0 rings (SSSR count). The lowest BCUT2D eigenvalue weighted by Crippen LogP contribution is -2.33. The van der Waals surface area contributed by atoms with E-state index in [1.807, 2.05) is 0 Å². The van der Waals surface area contributed by atoms with Crippen LogP contribution in [-0.4, -0.2) is 25.8 Å². The highest BCUT2D eigenvalue weighted by Gasteiger charge is 2.12. The number of rotatable bonds is 9. The molecule has 0 heterocycles. The molecule has 2 atom stereocenters. The van der Waals surface area contributed by atoms with E-state index in [0.29, 0.717) is 12.1 Å². The third kappa shape index (κ3) is 7.57. The maximum absolute atomic E-state index is 5.31. The van der Waals surface area contributed by atoms with Gasteiger partial charge in [-0.2, -0.15) is 0 Å². The first-order valence-corrected chi connectivity index (χ1v) is 6.06. The first-order chi connectivity index (χ1) is 7.13. The van der Waals surface area contributed by atoms with Crippen LogP contribution in [0.15, 0.2) is 12.2 Å². The van der Waals surface area contributed by atoms with Crippen molar-refractivity contribution < 1.29 is 4.74 Å². The normalized spacial score (nSPS) is 14.9.